The highest BCUT2D eigenvalue weighted by atomic mass is 16.6. The highest BCUT2D eigenvalue weighted by Crippen LogP contribution is 2.16. The van der Waals surface area contributed by atoms with Gasteiger partial charge in [0.15, 0.2) is 5.78 Å². The van der Waals surface area contributed by atoms with Crippen molar-refractivity contribution in [2.45, 2.75) is 20.4 Å². The number of carbonyl (C=O) groups is 2. The first-order valence-electron chi connectivity index (χ1n) is 9.04. The first kappa shape index (κ1) is 19.9. The lowest BCUT2D eigenvalue weighted by Gasteiger charge is -2.10. The van der Waals surface area contributed by atoms with Crippen LogP contribution in [-0.4, -0.2) is 32.9 Å². The SMILES string of the molecule is Cc1ccc(C(=O)c2ccccc2C(=O)NCCn2nc([N+](=O)[O-])cc2C)cc1. The molecule has 1 N–H and O–H groups in total. The molecule has 8 nitrogen and oxygen atoms in total. The monoisotopic (exact) mass is 392 g/mol. The lowest BCUT2D eigenvalue weighted by atomic mass is 9.97. The molecule has 0 aliphatic rings. The van der Waals surface area contributed by atoms with Gasteiger partial charge in [0.05, 0.1) is 29.0 Å². The normalized spacial score (nSPS) is 10.6. The van der Waals surface area contributed by atoms with Gasteiger partial charge in [-0.2, -0.15) is 4.68 Å². The molecule has 2 aromatic carbocycles. The van der Waals surface area contributed by atoms with E-state index >= 15 is 0 Å². The molecule has 8 heteroatoms. The number of ketones is 1. The van der Waals surface area contributed by atoms with Crippen LogP contribution in [0.5, 0.6) is 0 Å². The number of amides is 1. The minimum atomic E-state index is -0.561. The maximum absolute atomic E-state index is 12.8. The van der Waals surface area contributed by atoms with Crippen molar-refractivity contribution in [3.8, 4) is 0 Å². The van der Waals surface area contributed by atoms with Gasteiger partial charge in [-0.05, 0) is 24.8 Å². The predicted molar refractivity (Wildman–Crippen MR) is 107 cm³/mol. The Morgan fingerprint density at radius 3 is 2.34 bits per heavy atom. The number of nitro groups is 1. The van der Waals surface area contributed by atoms with E-state index in [1.807, 2.05) is 19.1 Å². The van der Waals surface area contributed by atoms with Gasteiger partial charge >= 0.3 is 5.82 Å². The Bertz CT molecular complexity index is 1070. The van der Waals surface area contributed by atoms with E-state index in [4.69, 9.17) is 0 Å². The number of hydrogen-bond donors (Lipinski definition) is 1. The number of aromatic nitrogens is 2. The standard InChI is InChI=1S/C21H20N4O4/c1-14-7-9-16(10-8-14)20(26)17-5-3-4-6-18(17)21(27)22-11-12-24-15(2)13-19(23-24)25(28)29/h3-10,13H,11-12H2,1-2H3,(H,22,27). The highest BCUT2D eigenvalue weighted by Gasteiger charge is 2.19. The van der Waals surface area contributed by atoms with E-state index in [0.29, 0.717) is 16.8 Å². The first-order valence-corrected chi connectivity index (χ1v) is 9.04. The molecule has 1 heterocycles. The Labute approximate surface area is 167 Å². The molecule has 3 rings (SSSR count). The third kappa shape index (κ3) is 4.55. The van der Waals surface area contributed by atoms with Crippen molar-refractivity contribution in [2.75, 3.05) is 6.54 Å². The number of hydrogen-bond acceptors (Lipinski definition) is 5. The van der Waals surface area contributed by atoms with Gasteiger partial charge in [0, 0.05) is 17.7 Å². The Kier molecular flexibility index (Phi) is 5.82. The zero-order valence-corrected chi connectivity index (χ0v) is 16.1. The van der Waals surface area contributed by atoms with Crippen molar-refractivity contribution < 1.29 is 14.5 Å². The Morgan fingerprint density at radius 2 is 1.72 bits per heavy atom. The molecular formula is C21H20N4O4. The fourth-order valence-electron chi connectivity index (χ4n) is 2.92. The maximum atomic E-state index is 12.8. The third-order valence-electron chi connectivity index (χ3n) is 4.49. The number of benzene rings is 2. The van der Waals surface area contributed by atoms with E-state index in [0.717, 1.165) is 5.56 Å². The number of carbonyl (C=O) groups excluding carboxylic acids is 2. The number of nitrogens with zero attached hydrogens (tertiary/aromatic N) is 3. The van der Waals surface area contributed by atoms with E-state index in [1.165, 1.54) is 10.7 Å². The summed E-state index contributed by atoms with van der Waals surface area (Å²) in [6.45, 7) is 4.13. The molecule has 0 unspecified atom stereocenters. The van der Waals surface area contributed by atoms with Crippen LogP contribution in [0, 0.1) is 24.0 Å². The van der Waals surface area contributed by atoms with E-state index in [-0.39, 0.29) is 36.2 Å². The largest absolute Gasteiger partial charge is 0.390 e. The summed E-state index contributed by atoms with van der Waals surface area (Å²) in [5.74, 6) is -0.850. The van der Waals surface area contributed by atoms with Crippen LogP contribution in [0.4, 0.5) is 5.82 Å². The average molecular weight is 392 g/mol. The third-order valence-corrected chi connectivity index (χ3v) is 4.49. The van der Waals surface area contributed by atoms with Gasteiger partial charge in [-0.1, -0.05) is 48.0 Å². The molecule has 3 aromatic rings. The van der Waals surface area contributed by atoms with Gasteiger partial charge in [-0.25, -0.2) is 0 Å². The van der Waals surface area contributed by atoms with Crippen molar-refractivity contribution in [3.05, 3.63) is 92.7 Å². The van der Waals surface area contributed by atoms with E-state index < -0.39 is 4.92 Å². The van der Waals surface area contributed by atoms with Crippen molar-refractivity contribution >= 4 is 17.5 Å². The second-order valence-corrected chi connectivity index (χ2v) is 6.62. The van der Waals surface area contributed by atoms with Crippen LogP contribution in [0.15, 0.2) is 54.6 Å². The van der Waals surface area contributed by atoms with Crippen LogP contribution in [0.1, 0.15) is 37.5 Å². The molecule has 0 saturated heterocycles. The molecule has 29 heavy (non-hydrogen) atoms. The van der Waals surface area contributed by atoms with Crippen molar-refractivity contribution in [2.24, 2.45) is 0 Å². The molecule has 0 radical (unpaired) electrons. The summed E-state index contributed by atoms with van der Waals surface area (Å²) in [4.78, 5) is 35.7. The summed E-state index contributed by atoms with van der Waals surface area (Å²) < 4.78 is 1.46. The molecule has 0 aliphatic carbocycles. The van der Waals surface area contributed by atoms with Crippen LogP contribution in [-0.2, 0) is 6.54 Å². The Morgan fingerprint density at radius 1 is 1.07 bits per heavy atom. The van der Waals surface area contributed by atoms with E-state index in [1.54, 1.807) is 43.3 Å². The van der Waals surface area contributed by atoms with Gasteiger partial charge in [0.25, 0.3) is 5.91 Å². The molecule has 0 aliphatic heterocycles. The molecule has 0 saturated carbocycles. The van der Waals surface area contributed by atoms with Crippen LogP contribution in [0.25, 0.3) is 0 Å². The van der Waals surface area contributed by atoms with Crippen LogP contribution in [0.2, 0.25) is 0 Å². The predicted octanol–water partition coefficient (Wildman–Crippen LogP) is 3.07. The fourth-order valence-corrected chi connectivity index (χ4v) is 2.92. The summed E-state index contributed by atoms with van der Waals surface area (Å²) in [6.07, 6.45) is 0. The quantitative estimate of drug-likeness (QED) is 0.378. The molecular weight excluding hydrogens is 372 g/mol. The molecule has 0 atom stereocenters. The summed E-state index contributed by atoms with van der Waals surface area (Å²) in [7, 11) is 0. The maximum Gasteiger partial charge on any atom is 0.390 e. The number of rotatable bonds is 7. The zero-order valence-electron chi connectivity index (χ0n) is 16.1. The highest BCUT2D eigenvalue weighted by molar-refractivity contribution is 6.15. The lowest BCUT2D eigenvalue weighted by Crippen LogP contribution is -2.29. The van der Waals surface area contributed by atoms with Crippen molar-refractivity contribution in [1.82, 2.24) is 15.1 Å². The van der Waals surface area contributed by atoms with Crippen molar-refractivity contribution in [1.29, 1.82) is 0 Å². The summed E-state index contributed by atoms with van der Waals surface area (Å²) in [6, 6.07) is 15.2. The Hall–Kier alpha value is -3.81. The minimum Gasteiger partial charge on any atom is -0.358 e. The summed E-state index contributed by atoms with van der Waals surface area (Å²) >= 11 is 0. The Balaban J connectivity index is 1.71. The number of aryl methyl sites for hydroxylation is 2. The summed E-state index contributed by atoms with van der Waals surface area (Å²) in [5, 5.41) is 17.4. The lowest BCUT2D eigenvalue weighted by molar-refractivity contribution is -0.389. The number of nitrogens with one attached hydrogen (secondary N) is 1. The zero-order chi connectivity index (χ0) is 21.0. The molecule has 0 spiro atoms. The molecule has 1 aromatic heterocycles. The van der Waals surface area contributed by atoms with Gasteiger partial charge in [0.2, 0.25) is 0 Å². The average Bonchev–Trinajstić information content (AvgIpc) is 3.09. The van der Waals surface area contributed by atoms with Gasteiger partial charge < -0.3 is 15.4 Å². The molecule has 0 bridgehead atoms. The van der Waals surface area contributed by atoms with Crippen molar-refractivity contribution in [3.63, 3.8) is 0 Å². The van der Waals surface area contributed by atoms with Crippen LogP contribution in [0.3, 0.4) is 0 Å². The van der Waals surface area contributed by atoms with E-state index in [2.05, 4.69) is 10.4 Å². The molecule has 148 valence electrons. The summed E-state index contributed by atoms with van der Waals surface area (Å²) in [5.41, 5.74) is 2.78. The minimum absolute atomic E-state index is 0.214. The van der Waals surface area contributed by atoms with Gasteiger partial charge in [-0.3, -0.25) is 9.59 Å². The smallest absolute Gasteiger partial charge is 0.358 e. The fraction of sp³-hybridized carbons (Fsp3) is 0.190. The topological polar surface area (TPSA) is 107 Å². The van der Waals surface area contributed by atoms with E-state index in [9.17, 15) is 19.7 Å². The van der Waals surface area contributed by atoms with Gasteiger partial charge in [0.1, 0.15) is 0 Å². The van der Waals surface area contributed by atoms with Crippen LogP contribution >= 0.6 is 0 Å². The first-order chi connectivity index (χ1) is 13.9. The molecule has 1 amide bonds. The second-order valence-electron chi connectivity index (χ2n) is 6.62. The van der Waals surface area contributed by atoms with Crippen LogP contribution < -0.4 is 5.32 Å². The molecule has 0 fully saturated rings. The second kappa shape index (κ2) is 8.47. The van der Waals surface area contributed by atoms with Gasteiger partial charge in [-0.15, -0.1) is 0 Å².